The first-order valence-corrected chi connectivity index (χ1v) is 6.73. The van der Waals surface area contributed by atoms with Crippen molar-refractivity contribution in [1.82, 2.24) is 9.97 Å². The Morgan fingerprint density at radius 3 is 2.95 bits per heavy atom. The third kappa shape index (κ3) is 2.46. The van der Waals surface area contributed by atoms with Crippen molar-refractivity contribution in [3.63, 3.8) is 0 Å². The van der Waals surface area contributed by atoms with Crippen molar-refractivity contribution in [3.8, 4) is 0 Å². The lowest BCUT2D eigenvalue weighted by molar-refractivity contribution is 0.490. The van der Waals surface area contributed by atoms with Crippen molar-refractivity contribution in [1.29, 1.82) is 0 Å². The van der Waals surface area contributed by atoms with E-state index in [4.69, 9.17) is 4.42 Å². The van der Waals surface area contributed by atoms with Gasteiger partial charge in [0.25, 0.3) is 0 Å². The van der Waals surface area contributed by atoms with Crippen LogP contribution in [0.1, 0.15) is 18.7 Å². The molecule has 96 valence electrons. The Morgan fingerprint density at radius 1 is 1.26 bits per heavy atom. The zero-order chi connectivity index (χ0) is 13.2. The molecule has 2 heterocycles. The Labute approximate surface area is 119 Å². The second-order valence-corrected chi connectivity index (χ2v) is 5.18. The van der Waals surface area contributed by atoms with Crippen LogP contribution in [-0.2, 0) is 0 Å². The zero-order valence-electron chi connectivity index (χ0n) is 10.3. The highest BCUT2D eigenvalue weighted by molar-refractivity contribution is 9.10. The second kappa shape index (κ2) is 5.01. The van der Waals surface area contributed by atoms with Crippen molar-refractivity contribution >= 4 is 32.7 Å². The average molecular weight is 318 g/mol. The number of anilines is 1. The zero-order valence-corrected chi connectivity index (χ0v) is 11.9. The first-order chi connectivity index (χ1) is 9.24. The van der Waals surface area contributed by atoms with Gasteiger partial charge in [-0.1, -0.05) is 15.9 Å². The molecule has 1 N–H and O–H groups in total. The van der Waals surface area contributed by atoms with Gasteiger partial charge in [-0.25, -0.2) is 9.97 Å². The van der Waals surface area contributed by atoms with Gasteiger partial charge in [-0.3, -0.25) is 0 Å². The minimum Gasteiger partial charge on any atom is -0.467 e. The van der Waals surface area contributed by atoms with Crippen LogP contribution in [0.15, 0.2) is 51.8 Å². The number of nitrogens with one attached hydrogen (secondary N) is 1. The van der Waals surface area contributed by atoms with E-state index in [0.29, 0.717) is 0 Å². The Bertz CT molecular complexity index is 697. The van der Waals surface area contributed by atoms with E-state index in [0.717, 1.165) is 27.0 Å². The van der Waals surface area contributed by atoms with E-state index in [2.05, 4.69) is 31.2 Å². The lowest BCUT2D eigenvalue weighted by atomic mass is 10.2. The fourth-order valence-electron chi connectivity index (χ4n) is 1.96. The Hall–Kier alpha value is -1.88. The summed E-state index contributed by atoms with van der Waals surface area (Å²) in [5, 5.41) is 4.33. The number of hydrogen-bond acceptors (Lipinski definition) is 4. The summed E-state index contributed by atoms with van der Waals surface area (Å²) in [6.45, 7) is 2.03. The topological polar surface area (TPSA) is 51.0 Å². The number of fused-ring (bicyclic) bond motifs is 1. The van der Waals surface area contributed by atoms with E-state index >= 15 is 0 Å². The van der Waals surface area contributed by atoms with Gasteiger partial charge in [-0.15, -0.1) is 0 Å². The van der Waals surface area contributed by atoms with Crippen LogP contribution >= 0.6 is 15.9 Å². The van der Waals surface area contributed by atoms with E-state index in [9.17, 15) is 0 Å². The van der Waals surface area contributed by atoms with Crippen LogP contribution in [0.3, 0.4) is 0 Å². The second-order valence-electron chi connectivity index (χ2n) is 4.27. The molecule has 1 atom stereocenters. The molecule has 3 rings (SSSR count). The molecule has 0 fully saturated rings. The maximum absolute atomic E-state index is 5.39. The van der Waals surface area contributed by atoms with Crippen LogP contribution in [-0.4, -0.2) is 9.97 Å². The number of benzene rings is 1. The van der Waals surface area contributed by atoms with Crippen molar-refractivity contribution in [3.05, 3.63) is 53.2 Å². The van der Waals surface area contributed by atoms with Crippen LogP contribution in [0, 0.1) is 0 Å². The molecule has 0 saturated carbocycles. The largest absolute Gasteiger partial charge is 0.467 e. The van der Waals surface area contributed by atoms with Crippen LogP contribution in [0.2, 0.25) is 0 Å². The van der Waals surface area contributed by atoms with Gasteiger partial charge in [0, 0.05) is 9.86 Å². The fraction of sp³-hybridized carbons (Fsp3) is 0.143. The lowest BCUT2D eigenvalue weighted by Gasteiger charge is -2.13. The molecule has 1 aromatic carbocycles. The lowest BCUT2D eigenvalue weighted by Crippen LogP contribution is -2.07. The molecule has 3 aromatic rings. The molecular formula is C14H12BrN3O. The van der Waals surface area contributed by atoms with Gasteiger partial charge in [0.1, 0.15) is 17.9 Å². The minimum atomic E-state index is 0.0482. The first-order valence-electron chi connectivity index (χ1n) is 5.94. The smallest absolute Gasteiger partial charge is 0.137 e. The van der Waals surface area contributed by atoms with E-state index < -0.39 is 0 Å². The Morgan fingerprint density at radius 2 is 2.16 bits per heavy atom. The predicted molar refractivity (Wildman–Crippen MR) is 78.0 cm³/mol. The van der Waals surface area contributed by atoms with Crippen LogP contribution < -0.4 is 5.32 Å². The molecule has 4 nitrogen and oxygen atoms in total. The highest BCUT2D eigenvalue weighted by atomic mass is 79.9. The predicted octanol–water partition coefficient (Wildman–Crippen LogP) is 4.16. The molecule has 19 heavy (non-hydrogen) atoms. The van der Waals surface area contributed by atoms with Gasteiger partial charge in [0.15, 0.2) is 0 Å². The monoisotopic (exact) mass is 317 g/mol. The molecule has 0 amide bonds. The van der Waals surface area contributed by atoms with Gasteiger partial charge in [-0.2, -0.15) is 0 Å². The van der Waals surface area contributed by atoms with Gasteiger partial charge in [-0.05, 0) is 37.3 Å². The molecule has 0 spiro atoms. The number of halogens is 1. The van der Waals surface area contributed by atoms with Crippen LogP contribution in [0.4, 0.5) is 5.82 Å². The average Bonchev–Trinajstić information content (AvgIpc) is 2.93. The molecule has 0 aliphatic rings. The van der Waals surface area contributed by atoms with Crippen molar-refractivity contribution < 1.29 is 4.42 Å². The number of hydrogen-bond donors (Lipinski definition) is 1. The number of aromatic nitrogens is 2. The molecule has 0 radical (unpaired) electrons. The summed E-state index contributed by atoms with van der Waals surface area (Å²) in [4.78, 5) is 8.57. The van der Waals surface area contributed by atoms with Crippen molar-refractivity contribution in [2.45, 2.75) is 13.0 Å². The van der Waals surface area contributed by atoms with Crippen LogP contribution in [0.5, 0.6) is 0 Å². The molecule has 0 aliphatic carbocycles. The van der Waals surface area contributed by atoms with E-state index in [-0.39, 0.29) is 6.04 Å². The summed E-state index contributed by atoms with van der Waals surface area (Å²) in [7, 11) is 0. The SMILES string of the molecule is CC(Nc1ncnc2ccc(Br)cc12)c1ccco1. The Balaban J connectivity index is 1.98. The van der Waals surface area contributed by atoms with Gasteiger partial charge < -0.3 is 9.73 Å². The Kier molecular flexibility index (Phi) is 3.21. The quantitative estimate of drug-likeness (QED) is 0.788. The number of nitrogens with zero attached hydrogens (tertiary/aromatic N) is 2. The molecular weight excluding hydrogens is 306 g/mol. The highest BCUT2D eigenvalue weighted by Crippen LogP contribution is 2.26. The van der Waals surface area contributed by atoms with Crippen molar-refractivity contribution in [2.24, 2.45) is 0 Å². The molecule has 0 aliphatic heterocycles. The third-order valence-corrected chi connectivity index (χ3v) is 3.41. The third-order valence-electron chi connectivity index (χ3n) is 2.92. The summed E-state index contributed by atoms with van der Waals surface area (Å²) in [6.07, 6.45) is 3.23. The maximum Gasteiger partial charge on any atom is 0.137 e. The summed E-state index contributed by atoms with van der Waals surface area (Å²) in [5.74, 6) is 1.68. The summed E-state index contributed by atoms with van der Waals surface area (Å²) >= 11 is 3.47. The first kappa shape index (κ1) is 12.2. The van der Waals surface area contributed by atoms with Crippen molar-refractivity contribution in [2.75, 3.05) is 5.32 Å². The van der Waals surface area contributed by atoms with Gasteiger partial charge in [0.2, 0.25) is 0 Å². The molecule has 0 bridgehead atoms. The standard InChI is InChI=1S/C14H12BrN3O/c1-9(13-3-2-6-19-13)18-14-11-7-10(15)4-5-12(11)16-8-17-14/h2-9H,1H3,(H,16,17,18). The molecule has 0 saturated heterocycles. The summed E-state index contributed by atoms with van der Waals surface area (Å²) in [6, 6.07) is 9.80. The maximum atomic E-state index is 5.39. The minimum absolute atomic E-state index is 0.0482. The molecule has 1 unspecified atom stereocenters. The van der Waals surface area contributed by atoms with E-state index in [1.165, 1.54) is 0 Å². The number of furan rings is 1. The van der Waals surface area contributed by atoms with E-state index in [1.807, 2.05) is 37.3 Å². The van der Waals surface area contributed by atoms with Gasteiger partial charge >= 0.3 is 0 Å². The summed E-state index contributed by atoms with van der Waals surface area (Å²) < 4.78 is 6.39. The molecule has 2 aromatic heterocycles. The molecule has 5 heteroatoms. The summed E-state index contributed by atoms with van der Waals surface area (Å²) in [5.41, 5.74) is 0.910. The van der Waals surface area contributed by atoms with E-state index in [1.54, 1.807) is 12.6 Å². The fourth-order valence-corrected chi connectivity index (χ4v) is 2.32. The highest BCUT2D eigenvalue weighted by Gasteiger charge is 2.11. The van der Waals surface area contributed by atoms with Crippen LogP contribution in [0.25, 0.3) is 10.9 Å². The number of rotatable bonds is 3. The normalized spacial score (nSPS) is 12.5. The van der Waals surface area contributed by atoms with Gasteiger partial charge in [0.05, 0.1) is 17.8 Å².